The van der Waals surface area contributed by atoms with Crippen molar-refractivity contribution in [2.24, 2.45) is 0 Å². The third-order valence-electron chi connectivity index (χ3n) is 3.25. The van der Waals surface area contributed by atoms with Gasteiger partial charge in [0.2, 0.25) is 15.9 Å². The normalized spacial score (nSPS) is 11.1. The Balaban J connectivity index is 1.86. The molecule has 0 bridgehead atoms. The van der Waals surface area contributed by atoms with E-state index in [9.17, 15) is 13.2 Å². The van der Waals surface area contributed by atoms with Gasteiger partial charge in [0.25, 0.3) is 0 Å². The summed E-state index contributed by atoms with van der Waals surface area (Å²) in [4.78, 5) is 11.4. The van der Waals surface area contributed by atoms with Crippen LogP contribution in [-0.2, 0) is 14.8 Å². The number of carbonyl (C=O) groups excluding carboxylic acids is 1. The monoisotopic (exact) mass is 382 g/mol. The molecule has 25 heavy (non-hydrogen) atoms. The highest BCUT2D eigenvalue weighted by atomic mass is 35.5. The number of benzene rings is 2. The van der Waals surface area contributed by atoms with Gasteiger partial charge < -0.3 is 10.1 Å². The summed E-state index contributed by atoms with van der Waals surface area (Å²) in [5.41, 5.74) is 0.553. The number of nitrogens with one attached hydrogen (secondary N) is 2. The van der Waals surface area contributed by atoms with E-state index >= 15 is 0 Å². The standard InChI is InChI=1S/C17H19ClN2O4S/c1-2-17(21)20-14-5-9-16(10-6-14)25(22,23)19-11-12-24-15-7-3-13(18)4-8-15/h3-10,19H,2,11-12H2,1H3,(H,20,21). The highest BCUT2D eigenvalue weighted by molar-refractivity contribution is 7.89. The molecule has 0 spiro atoms. The second-order valence-electron chi connectivity index (χ2n) is 5.13. The molecule has 8 heteroatoms. The molecule has 0 aliphatic rings. The fourth-order valence-corrected chi connectivity index (χ4v) is 3.06. The Bertz CT molecular complexity index is 806. The molecule has 0 saturated heterocycles. The zero-order valence-corrected chi connectivity index (χ0v) is 15.2. The van der Waals surface area contributed by atoms with Crippen molar-refractivity contribution in [3.05, 3.63) is 53.6 Å². The van der Waals surface area contributed by atoms with Crippen LogP contribution in [0.3, 0.4) is 0 Å². The number of hydrogen-bond donors (Lipinski definition) is 2. The van der Waals surface area contributed by atoms with Crippen LogP contribution in [0.1, 0.15) is 13.3 Å². The van der Waals surface area contributed by atoms with E-state index in [2.05, 4.69) is 10.0 Å². The van der Waals surface area contributed by atoms with Crippen molar-refractivity contribution in [1.82, 2.24) is 4.72 Å². The van der Waals surface area contributed by atoms with Gasteiger partial charge in [-0.15, -0.1) is 0 Å². The molecule has 0 heterocycles. The summed E-state index contributed by atoms with van der Waals surface area (Å²) in [6, 6.07) is 12.8. The molecule has 1 amide bonds. The van der Waals surface area contributed by atoms with Gasteiger partial charge in [-0.2, -0.15) is 0 Å². The number of halogens is 1. The topological polar surface area (TPSA) is 84.5 Å². The van der Waals surface area contributed by atoms with E-state index < -0.39 is 10.0 Å². The molecule has 0 fully saturated rings. The molecule has 0 radical (unpaired) electrons. The van der Waals surface area contributed by atoms with E-state index in [1.54, 1.807) is 43.3 Å². The third kappa shape index (κ3) is 6.04. The molecule has 0 saturated carbocycles. The fourth-order valence-electron chi connectivity index (χ4n) is 1.93. The molecule has 6 nitrogen and oxygen atoms in total. The minimum atomic E-state index is -3.64. The first-order valence-electron chi connectivity index (χ1n) is 7.68. The summed E-state index contributed by atoms with van der Waals surface area (Å²) in [6.45, 7) is 2.05. The van der Waals surface area contributed by atoms with Crippen molar-refractivity contribution in [2.75, 3.05) is 18.5 Å². The molecular weight excluding hydrogens is 364 g/mol. The smallest absolute Gasteiger partial charge is 0.240 e. The second kappa shape index (κ2) is 8.84. The van der Waals surface area contributed by atoms with Gasteiger partial charge in [-0.3, -0.25) is 4.79 Å². The largest absolute Gasteiger partial charge is 0.492 e. The van der Waals surface area contributed by atoms with Crippen molar-refractivity contribution in [2.45, 2.75) is 18.2 Å². The van der Waals surface area contributed by atoms with Crippen LogP contribution in [0.5, 0.6) is 5.75 Å². The number of rotatable bonds is 8. The van der Waals surface area contributed by atoms with Gasteiger partial charge in [-0.1, -0.05) is 18.5 Å². The molecule has 0 aliphatic heterocycles. The van der Waals surface area contributed by atoms with Gasteiger partial charge in [0.1, 0.15) is 12.4 Å². The van der Waals surface area contributed by atoms with Crippen molar-refractivity contribution in [3.63, 3.8) is 0 Å². The van der Waals surface area contributed by atoms with Crippen LogP contribution < -0.4 is 14.8 Å². The first-order chi connectivity index (χ1) is 11.9. The number of ether oxygens (including phenoxy) is 1. The average Bonchev–Trinajstić information content (AvgIpc) is 2.60. The van der Waals surface area contributed by atoms with Gasteiger partial charge in [0.15, 0.2) is 0 Å². The van der Waals surface area contributed by atoms with Crippen molar-refractivity contribution >= 4 is 33.2 Å². The van der Waals surface area contributed by atoms with E-state index in [4.69, 9.17) is 16.3 Å². The summed E-state index contributed by atoms with van der Waals surface area (Å²) < 4.78 is 32.3. The van der Waals surface area contributed by atoms with E-state index in [1.807, 2.05) is 0 Å². The molecule has 2 rings (SSSR count). The van der Waals surface area contributed by atoms with Gasteiger partial charge in [0.05, 0.1) is 4.90 Å². The van der Waals surface area contributed by atoms with Crippen molar-refractivity contribution < 1.29 is 17.9 Å². The molecule has 2 aromatic carbocycles. The van der Waals surface area contributed by atoms with Gasteiger partial charge in [0, 0.05) is 23.7 Å². The second-order valence-corrected chi connectivity index (χ2v) is 7.33. The maximum absolute atomic E-state index is 12.2. The molecule has 0 atom stereocenters. The molecule has 0 unspecified atom stereocenters. The Kier molecular flexibility index (Phi) is 6.81. The minimum Gasteiger partial charge on any atom is -0.492 e. The summed E-state index contributed by atoms with van der Waals surface area (Å²) in [6.07, 6.45) is 0.356. The Hall–Kier alpha value is -2.09. The lowest BCUT2D eigenvalue weighted by molar-refractivity contribution is -0.115. The van der Waals surface area contributed by atoms with Crippen LogP contribution in [0.25, 0.3) is 0 Å². The van der Waals surface area contributed by atoms with Crippen LogP contribution >= 0.6 is 11.6 Å². The lowest BCUT2D eigenvalue weighted by Gasteiger charge is -2.09. The van der Waals surface area contributed by atoms with Crippen molar-refractivity contribution in [1.29, 1.82) is 0 Å². The third-order valence-corrected chi connectivity index (χ3v) is 4.97. The maximum atomic E-state index is 12.2. The van der Waals surface area contributed by atoms with Crippen molar-refractivity contribution in [3.8, 4) is 5.75 Å². The number of sulfonamides is 1. The SMILES string of the molecule is CCC(=O)Nc1ccc(S(=O)(=O)NCCOc2ccc(Cl)cc2)cc1. The van der Waals surface area contributed by atoms with Gasteiger partial charge in [-0.05, 0) is 48.5 Å². The molecule has 134 valence electrons. The lowest BCUT2D eigenvalue weighted by atomic mass is 10.3. The Labute approximate surface area is 152 Å². The first kappa shape index (κ1) is 19.2. The summed E-state index contributed by atoms with van der Waals surface area (Å²) >= 11 is 5.78. The van der Waals surface area contributed by atoms with E-state index in [1.165, 1.54) is 12.1 Å². The fraction of sp³-hybridized carbons (Fsp3) is 0.235. The molecule has 0 aliphatic carbocycles. The Morgan fingerprint density at radius 2 is 1.72 bits per heavy atom. The Morgan fingerprint density at radius 3 is 2.32 bits per heavy atom. The predicted molar refractivity (Wildman–Crippen MR) is 97.5 cm³/mol. The number of anilines is 1. The van der Waals surface area contributed by atoms with Crippen LogP contribution in [0.2, 0.25) is 5.02 Å². The van der Waals surface area contributed by atoms with Crippen LogP contribution in [0.15, 0.2) is 53.4 Å². The Morgan fingerprint density at radius 1 is 1.08 bits per heavy atom. The van der Waals surface area contributed by atoms with E-state index in [0.717, 1.165) is 0 Å². The molecule has 0 aromatic heterocycles. The first-order valence-corrected chi connectivity index (χ1v) is 9.55. The highest BCUT2D eigenvalue weighted by Crippen LogP contribution is 2.16. The van der Waals surface area contributed by atoms with Crippen LogP contribution in [0, 0.1) is 0 Å². The molecule has 2 aromatic rings. The van der Waals surface area contributed by atoms with Crippen LogP contribution in [-0.4, -0.2) is 27.5 Å². The minimum absolute atomic E-state index is 0.119. The van der Waals surface area contributed by atoms with Gasteiger partial charge >= 0.3 is 0 Å². The average molecular weight is 383 g/mol. The zero-order chi connectivity index (χ0) is 18.3. The zero-order valence-electron chi connectivity index (χ0n) is 13.7. The molecular formula is C17H19ClN2O4S. The van der Waals surface area contributed by atoms with Gasteiger partial charge in [-0.25, -0.2) is 13.1 Å². The summed E-state index contributed by atoms with van der Waals surface area (Å²) in [5.74, 6) is 0.479. The van der Waals surface area contributed by atoms with Crippen LogP contribution in [0.4, 0.5) is 5.69 Å². The molecule has 2 N–H and O–H groups in total. The summed E-state index contributed by atoms with van der Waals surface area (Å²) in [5, 5.41) is 3.26. The van der Waals surface area contributed by atoms with E-state index in [0.29, 0.717) is 22.9 Å². The van der Waals surface area contributed by atoms with E-state index in [-0.39, 0.29) is 24.0 Å². The number of hydrogen-bond acceptors (Lipinski definition) is 4. The maximum Gasteiger partial charge on any atom is 0.240 e. The summed E-state index contributed by atoms with van der Waals surface area (Å²) in [7, 11) is -3.64. The predicted octanol–water partition coefficient (Wildman–Crippen LogP) is 3.05. The highest BCUT2D eigenvalue weighted by Gasteiger charge is 2.13. The number of amides is 1. The number of carbonyl (C=O) groups is 1. The quantitative estimate of drug-likeness (QED) is 0.687. The lowest BCUT2D eigenvalue weighted by Crippen LogP contribution is -2.28.